The normalized spacial score (nSPS) is 11.8. The number of anilines is 2. The summed E-state index contributed by atoms with van der Waals surface area (Å²) in [5.74, 6) is 0. The van der Waals surface area contributed by atoms with E-state index in [-0.39, 0.29) is 5.41 Å². The van der Waals surface area contributed by atoms with Gasteiger partial charge in [-0.1, -0.05) is 20.8 Å². The largest absolute Gasteiger partial charge is 0.399 e. The number of hydrogen-bond acceptors (Lipinski definition) is 3. The highest BCUT2D eigenvalue weighted by molar-refractivity contribution is 5.93. The van der Waals surface area contributed by atoms with Crippen LogP contribution in [0.4, 0.5) is 11.4 Å². The smallest absolute Gasteiger partial charge is 0.0743 e. The minimum Gasteiger partial charge on any atom is -0.399 e. The maximum Gasteiger partial charge on any atom is 0.0743 e. The maximum absolute atomic E-state index is 5.80. The molecule has 0 unspecified atom stereocenters. The molecule has 3 heteroatoms. The molecule has 1 heterocycles. The first kappa shape index (κ1) is 12.7. The van der Waals surface area contributed by atoms with E-state index < -0.39 is 0 Å². The molecule has 2 N–H and O–H groups in total. The van der Waals surface area contributed by atoms with E-state index in [1.807, 2.05) is 24.4 Å². The number of nitrogen functional groups attached to an aromatic ring is 1. The molecule has 0 saturated carbocycles. The zero-order valence-electron chi connectivity index (χ0n) is 11.6. The van der Waals surface area contributed by atoms with Gasteiger partial charge in [-0.05, 0) is 29.7 Å². The Kier molecular flexibility index (Phi) is 3.16. The van der Waals surface area contributed by atoms with Gasteiger partial charge in [0.05, 0.1) is 5.52 Å². The number of fused-ring (bicyclic) bond motifs is 1. The second kappa shape index (κ2) is 4.48. The first-order valence-electron chi connectivity index (χ1n) is 6.22. The van der Waals surface area contributed by atoms with Crippen molar-refractivity contribution >= 4 is 22.3 Å². The number of benzene rings is 1. The number of hydrogen-bond donors (Lipinski definition) is 1. The van der Waals surface area contributed by atoms with E-state index in [1.54, 1.807) is 0 Å². The molecule has 1 aromatic heterocycles. The van der Waals surface area contributed by atoms with E-state index in [9.17, 15) is 0 Å². The van der Waals surface area contributed by atoms with Crippen molar-refractivity contribution in [1.29, 1.82) is 0 Å². The van der Waals surface area contributed by atoms with Crippen LogP contribution in [0.25, 0.3) is 10.9 Å². The summed E-state index contributed by atoms with van der Waals surface area (Å²) >= 11 is 0. The van der Waals surface area contributed by atoms with E-state index >= 15 is 0 Å². The summed E-state index contributed by atoms with van der Waals surface area (Å²) in [6.45, 7) is 7.72. The van der Waals surface area contributed by atoms with Gasteiger partial charge in [-0.3, -0.25) is 4.98 Å². The van der Waals surface area contributed by atoms with Crippen LogP contribution in [0.5, 0.6) is 0 Å². The highest BCUT2D eigenvalue weighted by Crippen LogP contribution is 2.28. The van der Waals surface area contributed by atoms with Crippen molar-refractivity contribution < 1.29 is 0 Å². The lowest BCUT2D eigenvalue weighted by molar-refractivity contribution is 0.419. The van der Waals surface area contributed by atoms with Gasteiger partial charge < -0.3 is 10.6 Å². The number of nitrogens with two attached hydrogens (primary N) is 1. The van der Waals surface area contributed by atoms with Crippen LogP contribution in [0.2, 0.25) is 0 Å². The molecule has 1 aromatic carbocycles. The number of rotatable bonds is 2. The molecule has 96 valence electrons. The Morgan fingerprint density at radius 2 is 1.94 bits per heavy atom. The van der Waals surface area contributed by atoms with Crippen LogP contribution in [-0.4, -0.2) is 18.6 Å². The molecule has 2 rings (SSSR count). The molecule has 0 fully saturated rings. The van der Waals surface area contributed by atoms with Gasteiger partial charge >= 0.3 is 0 Å². The third-order valence-corrected chi connectivity index (χ3v) is 2.87. The Morgan fingerprint density at radius 3 is 2.61 bits per heavy atom. The van der Waals surface area contributed by atoms with Crippen LogP contribution in [0.1, 0.15) is 20.8 Å². The van der Waals surface area contributed by atoms with Gasteiger partial charge in [0.25, 0.3) is 0 Å². The zero-order valence-corrected chi connectivity index (χ0v) is 11.6. The summed E-state index contributed by atoms with van der Waals surface area (Å²) in [4.78, 5) is 6.65. The Balaban J connectivity index is 2.45. The van der Waals surface area contributed by atoms with E-state index in [1.165, 1.54) is 5.69 Å². The molecule has 0 bridgehead atoms. The maximum atomic E-state index is 5.80. The molecule has 18 heavy (non-hydrogen) atoms. The molecule has 0 amide bonds. The summed E-state index contributed by atoms with van der Waals surface area (Å²) < 4.78 is 0. The second-order valence-electron chi connectivity index (χ2n) is 6.02. The highest BCUT2D eigenvalue weighted by atomic mass is 15.1. The average molecular weight is 243 g/mol. The minimum atomic E-state index is 0.262. The van der Waals surface area contributed by atoms with E-state index in [4.69, 9.17) is 5.73 Å². The molecule has 0 aliphatic carbocycles. The van der Waals surface area contributed by atoms with Crippen molar-refractivity contribution in [3.63, 3.8) is 0 Å². The first-order chi connectivity index (χ1) is 8.37. The van der Waals surface area contributed by atoms with E-state index in [0.29, 0.717) is 0 Å². The Bertz CT molecular complexity index is 555. The molecule has 3 nitrogen and oxygen atoms in total. The van der Waals surface area contributed by atoms with E-state index in [0.717, 1.165) is 23.1 Å². The molecular weight excluding hydrogens is 222 g/mol. The Hall–Kier alpha value is -1.77. The molecular formula is C15H21N3. The lowest BCUT2D eigenvalue weighted by Crippen LogP contribution is -2.29. The molecule has 0 aliphatic rings. The Morgan fingerprint density at radius 1 is 1.22 bits per heavy atom. The van der Waals surface area contributed by atoms with Gasteiger partial charge in [0.2, 0.25) is 0 Å². The van der Waals surface area contributed by atoms with Crippen LogP contribution in [0, 0.1) is 5.41 Å². The fourth-order valence-corrected chi connectivity index (χ4v) is 2.28. The van der Waals surface area contributed by atoms with Gasteiger partial charge in [-0.25, -0.2) is 0 Å². The number of aromatic nitrogens is 1. The van der Waals surface area contributed by atoms with Gasteiger partial charge in [0, 0.05) is 36.6 Å². The molecule has 0 radical (unpaired) electrons. The molecule has 0 saturated heterocycles. The van der Waals surface area contributed by atoms with E-state index in [2.05, 4.69) is 43.8 Å². The summed E-state index contributed by atoms with van der Waals surface area (Å²) in [6, 6.07) is 7.96. The lowest BCUT2D eigenvalue weighted by Gasteiger charge is -2.29. The third-order valence-electron chi connectivity index (χ3n) is 2.87. The summed E-state index contributed by atoms with van der Waals surface area (Å²) in [7, 11) is 2.12. The predicted molar refractivity (Wildman–Crippen MR) is 78.9 cm³/mol. The molecule has 0 atom stereocenters. The second-order valence-corrected chi connectivity index (χ2v) is 6.02. The van der Waals surface area contributed by atoms with Crippen LogP contribution in [0.15, 0.2) is 30.5 Å². The SMILES string of the molecule is CN(CC(C)(C)C)c1ccnc2cc(N)ccc12. The van der Waals surface area contributed by atoms with Crippen molar-refractivity contribution in [2.75, 3.05) is 24.2 Å². The quantitative estimate of drug-likeness (QED) is 0.823. The summed E-state index contributed by atoms with van der Waals surface area (Å²) in [6.07, 6.45) is 1.84. The van der Waals surface area contributed by atoms with Gasteiger partial charge in [0.15, 0.2) is 0 Å². The number of pyridine rings is 1. The van der Waals surface area contributed by atoms with Gasteiger partial charge in [-0.2, -0.15) is 0 Å². The van der Waals surface area contributed by atoms with Gasteiger partial charge in [-0.15, -0.1) is 0 Å². The minimum absolute atomic E-state index is 0.262. The van der Waals surface area contributed by atoms with Crippen LogP contribution >= 0.6 is 0 Å². The van der Waals surface area contributed by atoms with Gasteiger partial charge in [0.1, 0.15) is 0 Å². The first-order valence-corrected chi connectivity index (χ1v) is 6.22. The van der Waals surface area contributed by atoms with Crippen molar-refractivity contribution in [3.8, 4) is 0 Å². The van der Waals surface area contributed by atoms with Crippen LogP contribution in [-0.2, 0) is 0 Å². The fourth-order valence-electron chi connectivity index (χ4n) is 2.28. The van der Waals surface area contributed by atoms with Crippen molar-refractivity contribution in [3.05, 3.63) is 30.5 Å². The van der Waals surface area contributed by atoms with Crippen LogP contribution in [0.3, 0.4) is 0 Å². The lowest BCUT2D eigenvalue weighted by atomic mass is 9.96. The average Bonchev–Trinajstić information content (AvgIpc) is 2.25. The fraction of sp³-hybridized carbons (Fsp3) is 0.400. The molecule has 2 aromatic rings. The predicted octanol–water partition coefficient (Wildman–Crippen LogP) is 3.30. The topological polar surface area (TPSA) is 42.2 Å². The standard InChI is InChI=1S/C15H21N3/c1-15(2,3)10-18(4)14-7-8-17-13-9-11(16)5-6-12(13)14/h5-9H,10,16H2,1-4H3. The van der Waals surface area contributed by atoms with Crippen molar-refractivity contribution in [2.24, 2.45) is 5.41 Å². The monoisotopic (exact) mass is 243 g/mol. The third kappa shape index (κ3) is 2.73. The van der Waals surface area contributed by atoms with Crippen LogP contribution < -0.4 is 10.6 Å². The number of nitrogens with zero attached hydrogens (tertiary/aromatic N) is 2. The highest BCUT2D eigenvalue weighted by Gasteiger charge is 2.15. The molecule has 0 spiro atoms. The van der Waals surface area contributed by atoms with Crippen molar-refractivity contribution in [1.82, 2.24) is 4.98 Å². The summed E-state index contributed by atoms with van der Waals surface area (Å²) in [5.41, 5.74) is 8.97. The zero-order chi connectivity index (χ0) is 13.3. The molecule has 0 aliphatic heterocycles. The summed E-state index contributed by atoms with van der Waals surface area (Å²) in [5, 5.41) is 1.15. The van der Waals surface area contributed by atoms with Crippen molar-refractivity contribution in [2.45, 2.75) is 20.8 Å². The Labute approximate surface area is 109 Å².